The topological polar surface area (TPSA) is 58.5 Å². The second kappa shape index (κ2) is 6.03. The number of nitrogens with zero attached hydrogens (tertiary/aromatic N) is 3. The Hall–Kier alpha value is -0.910. The van der Waals surface area contributed by atoms with Gasteiger partial charge < -0.3 is 14.7 Å². The van der Waals surface area contributed by atoms with Gasteiger partial charge in [0.15, 0.2) is 0 Å². The van der Waals surface area contributed by atoms with Gasteiger partial charge in [-0.15, -0.1) is 0 Å². The average molecular weight is 286 g/mol. The third-order valence-electron chi connectivity index (χ3n) is 3.37. The molecule has 106 valence electrons. The lowest BCUT2D eigenvalue weighted by atomic mass is 10.0. The normalized spacial score (nSPS) is 24.0. The molecule has 1 aliphatic heterocycles. The summed E-state index contributed by atoms with van der Waals surface area (Å²) in [7, 11) is 0. The maximum atomic E-state index is 9.26. The Balaban J connectivity index is 2.37. The van der Waals surface area contributed by atoms with Crippen molar-refractivity contribution >= 4 is 17.4 Å². The quantitative estimate of drug-likeness (QED) is 0.859. The van der Waals surface area contributed by atoms with Crippen LogP contribution in [0.5, 0.6) is 0 Å². The lowest BCUT2D eigenvalue weighted by Gasteiger charge is -2.39. The van der Waals surface area contributed by atoms with E-state index in [4.69, 9.17) is 16.3 Å². The van der Waals surface area contributed by atoms with E-state index in [2.05, 4.69) is 35.6 Å². The zero-order valence-corrected chi connectivity index (χ0v) is 12.3. The summed E-state index contributed by atoms with van der Waals surface area (Å²) in [5.74, 6) is 1.09. The molecular formula is C13H20ClN3O2. The second-order valence-corrected chi connectivity index (χ2v) is 5.55. The van der Waals surface area contributed by atoms with E-state index in [9.17, 15) is 5.11 Å². The molecule has 1 aromatic heterocycles. The second-order valence-electron chi connectivity index (χ2n) is 5.20. The van der Waals surface area contributed by atoms with Gasteiger partial charge in [0.2, 0.25) is 0 Å². The molecular weight excluding hydrogens is 266 g/mol. The van der Waals surface area contributed by atoms with Crippen LogP contribution in [0.4, 0.5) is 5.82 Å². The molecule has 0 radical (unpaired) electrons. The van der Waals surface area contributed by atoms with Crippen molar-refractivity contribution in [2.45, 2.75) is 38.8 Å². The van der Waals surface area contributed by atoms with Gasteiger partial charge in [-0.2, -0.15) is 0 Å². The van der Waals surface area contributed by atoms with E-state index in [1.165, 1.54) is 6.33 Å². The standard InChI is InChI=1S/C13H20ClN3O2/c1-8(2)11-12(14)15-7-16-13(11)17-4-10(5-18)19-6-9(17)3/h7-10,18H,4-6H2,1-3H3. The van der Waals surface area contributed by atoms with Crippen LogP contribution in [-0.4, -0.2) is 47.0 Å². The number of halogens is 1. The number of aromatic nitrogens is 2. The summed E-state index contributed by atoms with van der Waals surface area (Å²) in [4.78, 5) is 10.6. The molecule has 0 aliphatic carbocycles. The van der Waals surface area contributed by atoms with E-state index < -0.39 is 0 Å². The Morgan fingerprint density at radius 3 is 2.89 bits per heavy atom. The van der Waals surface area contributed by atoms with E-state index in [0.717, 1.165) is 11.4 Å². The van der Waals surface area contributed by atoms with E-state index in [1.807, 2.05) is 0 Å². The van der Waals surface area contributed by atoms with Gasteiger partial charge in [-0.3, -0.25) is 0 Å². The van der Waals surface area contributed by atoms with Crippen LogP contribution in [-0.2, 0) is 4.74 Å². The van der Waals surface area contributed by atoms with E-state index in [1.54, 1.807) is 0 Å². The van der Waals surface area contributed by atoms with E-state index in [0.29, 0.717) is 18.3 Å². The number of anilines is 1. The third kappa shape index (κ3) is 2.99. The largest absolute Gasteiger partial charge is 0.394 e. The highest BCUT2D eigenvalue weighted by atomic mass is 35.5. The maximum Gasteiger partial charge on any atom is 0.138 e. The molecule has 1 aromatic rings. The molecule has 0 bridgehead atoms. The summed E-state index contributed by atoms with van der Waals surface area (Å²) in [6, 6.07) is 0.200. The number of hydrogen-bond acceptors (Lipinski definition) is 5. The molecule has 19 heavy (non-hydrogen) atoms. The molecule has 2 rings (SSSR count). The Labute approximate surface area is 118 Å². The van der Waals surface area contributed by atoms with Crippen molar-refractivity contribution in [3.05, 3.63) is 17.0 Å². The fraction of sp³-hybridized carbons (Fsp3) is 0.692. The molecule has 5 nitrogen and oxygen atoms in total. The van der Waals surface area contributed by atoms with Crippen molar-refractivity contribution in [1.82, 2.24) is 9.97 Å². The molecule has 1 fully saturated rings. The Morgan fingerprint density at radius 2 is 2.26 bits per heavy atom. The number of rotatable bonds is 3. The fourth-order valence-electron chi connectivity index (χ4n) is 2.31. The minimum atomic E-state index is -0.176. The zero-order valence-electron chi connectivity index (χ0n) is 11.5. The summed E-state index contributed by atoms with van der Waals surface area (Å²) in [6.07, 6.45) is 1.31. The Morgan fingerprint density at radius 1 is 1.53 bits per heavy atom. The SMILES string of the molecule is CC(C)c1c(Cl)ncnc1N1CC(CO)OCC1C. The summed E-state index contributed by atoms with van der Waals surface area (Å²) in [5.41, 5.74) is 0.953. The monoisotopic (exact) mass is 285 g/mol. The molecule has 2 unspecified atom stereocenters. The molecule has 0 aromatic carbocycles. The number of ether oxygens (including phenoxy) is 1. The summed E-state index contributed by atoms with van der Waals surface area (Å²) in [5, 5.41) is 9.76. The predicted octanol–water partition coefficient (Wildman–Crippen LogP) is 1.84. The van der Waals surface area contributed by atoms with Gasteiger partial charge in [-0.25, -0.2) is 9.97 Å². The lowest BCUT2D eigenvalue weighted by Crippen LogP contribution is -2.50. The predicted molar refractivity (Wildman–Crippen MR) is 74.8 cm³/mol. The number of morpholine rings is 1. The molecule has 1 N–H and O–H groups in total. The van der Waals surface area contributed by atoms with Gasteiger partial charge in [0.1, 0.15) is 17.3 Å². The minimum Gasteiger partial charge on any atom is -0.394 e. The van der Waals surface area contributed by atoms with Crippen LogP contribution in [0.25, 0.3) is 0 Å². The first-order chi connectivity index (χ1) is 9.04. The highest BCUT2D eigenvalue weighted by molar-refractivity contribution is 6.30. The Bertz CT molecular complexity index is 442. The van der Waals surface area contributed by atoms with E-state index >= 15 is 0 Å². The smallest absolute Gasteiger partial charge is 0.138 e. The zero-order chi connectivity index (χ0) is 14.0. The van der Waals surface area contributed by atoms with Crippen molar-refractivity contribution < 1.29 is 9.84 Å². The van der Waals surface area contributed by atoms with Crippen LogP contribution in [0, 0.1) is 0 Å². The first-order valence-corrected chi connectivity index (χ1v) is 6.91. The molecule has 1 saturated heterocycles. The number of aliphatic hydroxyl groups is 1. The lowest BCUT2D eigenvalue weighted by molar-refractivity contribution is -0.0106. The minimum absolute atomic E-state index is 0.0129. The molecule has 2 heterocycles. The van der Waals surface area contributed by atoms with E-state index in [-0.39, 0.29) is 24.7 Å². The number of hydrogen-bond donors (Lipinski definition) is 1. The molecule has 6 heteroatoms. The van der Waals surface area contributed by atoms with Crippen molar-refractivity contribution in [1.29, 1.82) is 0 Å². The van der Waals surface area contributed by atoms with Crippen LogP contribution in [0.1, 0.15) is 32.3 Å². The highest BCUT2D eigenvalue weighted by Crippen LogP contribution is 2.32. The molecule has 0 saturated carbocycles. The van der Waals surface area contributed by atoms with Crippen LogP contribution < -0.4 is 4.90 Å². The first kappa shape index (κ1) is 14.5. The first-order valence-electron chi connectivity index (χ1n) is 6.54. The fourth-order valence-corrected chi connectivity index (χ4v) is 2.66. The maximum absolute atomic E-state index is 9.26. The Kier molecular flexibility index (Phi) is 4.60. The van der Waals surface area contributed by atoms with Crippen molar-refractivity contribution in [3.8, 4) is 0 Å². The number of aliphatic hydroxyl groups excluding tert-OH is 1. The van der Waals surface area contributed by atoms with Gasteiger partial charge in [-0.1, -0.05) is 25.4 Å². The van der Waals surface area contributed by atoms with Gasteiger partial charge in [0, 0.05) is 12.1 Å². The highest BCUT2D eigenvalue weighted by Gasteiger charge is 2.29. The van der Waals surface area contributed by atoms with Crippen LogP contribution in [0.3, 0.4) is 0 Å². The van der Waals surface area contributed by atoms with Gasteiger partial charge in [-0.05, 0) is 12.8 Å². The van der Waals surface area contributed by atoms with Gasteiger partial charge >= 0.3 is 0 Å². The van der Waals surface area contributed by atoms with Gasteiger partial charge in [0.05, 0.1) is 25.4 Å². The molecule has 0 amide bonds. The molecule has 1 aliphatic rings. The summed E-state index contributed by atoms with van der Waals surface area (Å²) >= 11 is 6.20. The van der Waals surface area contributed by atoms with Crippen LogP contribution in [0.15, 0.2) is 6.33 Å². The van der Waals surface area contributed by atoms with Crippen molar-refractivity contribution in [2.24, 2.45) is 0 Å². The summed E-state index contributed by atoms with van der Waals surface area (Å²) in [6.45, 7) is 7.42. The molecule has 2 atom stereocenters. The van der Waals surface area contributed by atoms with Crippen LogP contribution in [0.2, 0.25) is 5.15 Å². The van der Waals surface area contributed by atoms with Gasteiger partial charge in [0.25, 0.3) is 0 Å². The summed E-state index contributed by atoms with van der Waals surface area (Å²) < 4.78 is 5.55. The molecule has 0 spiro atoms. The van der Waals surface area contributed by atoms with Crippen molar-refractivity contribution in [2.75, 3.05) is 24.7 Å². The third-order valence-corrected chi connectivity index (χ3v) is 3.67. The van der Waals surface area contributed by atoms with Crippen LogP contribution >= 0.6 is 11.6 Å². The van der Waals surface area contributed by atoms with Crippen molar-refractivity contribution in [3.63, 3.8) is 0 Å². The average Bonchev–Trinajstić information content (AvgIpc) is 2.38.